The molecule has 0 fully saturated rings. The molecule has 1 N–H and O–H groups in total. The number of aromatic amines is 1. The predicted molar refractivity (Wildman–Crippen MR) is 144 cm³/mol. The zero-order chi connectivity index (χ0) is 33.3. The van der Waals surface area contributed by atoms with Gasteiger partial charge >= 0.3 is 18.5 Å². The van der Waals surface area contributed by atoms with Crippen molar-refractivity contribution in [1.82, 2.24) is 35.1 Å². The number of rotatable bonds is 10. The predicted octanol–water partition coefficient (Wildman–Crippen LogP) is 7.09. The number of nitrogens with one attached hydrogen (secondary N) is 1. The van der Waals surface area contributed by atoms with E-state index >= 15 is 0 Å². The van der Waals surface area contributed by atoms with Crippen molar-refractivity contribution in [2.24, 2.45) is 7.05 Å². The number of H-pyrrole nitrogens is 1. The van der Waals surface area contributed by atoms with Crippen molar-refractivity contribution in [3.63, 3.8) is 0 Å². The first kappa shape index (κ1) is 33.7. The van der Waals surface area contributed by atoms with Crippen LogP contribution in [-0.2, 0) is 45.2 Å². The number of aryl methyl sites for hydroxylation is 2. The Bertz CT molecular complexity index is 1570. The molecule has 8 nitrogen and oxygen atoms in total. The Morgan fingerprint density at radius 1 is 0.844 bits per heavy atom. The summed E-state index contributed by atoms with van der Waals surface area (Å²) in [5.41, 5.74) is -3.04. The van der Waals surface area contributed by atoms with Gasteiger partial charge in [0.15, 0.2) is 0 Å². The van der Waals surface area contributed by atoms with Crippen LogP contribution in [0.3, 0.4) is 0 Å². The molecule has 2 aromatic carbocycles. The minimum atomic E-state index is -5.09. The second-order valence-corrected chi connectivity index (χ2v) is 10.6. The largest absolute Gasteiger partial charge is 0.416 e. The Morgan fingerprint density at radius 3 is 1.96 bits per heavy atom. The smallest absolute Gasteiger partial charge is 0.345 e. The van der Waals surface area contributed by atoms with Crippen LogP contribution in [0, 0.1) is 6.92 Å². The first-order chi connectivity index (χ1) is 20.8. The van der Waals surface area contributed by atoms with Gasteiger partial charge in [0.2, 0.25) is 0 Å². The molecule has 0 amide bonds. The number of benzene rings is 2. The van der Waals surface area contributed by atoms with Crippen LogP contribution in [0.2, 0.25) is 0 Å². The third-order valence-corrected chi connectivity index (χ3v) is 7.07. The lowest BCUT2D eigenvalue weighted by atomic mass is 9.94. The topological polar surface area (TPSA) is 78.8 Å². The first-order valence-corrected chi connectivity index (χ1v) is 13.5. The number of anilines is 1. The number of nitrogens with zero attached hydrogens (tertiary/aromatic N) is 7. The van der Waals surface area contributed by atoms with Crippen LogP contribution in [0.1, 0.15) is 64.3 Å². The fourth-order valence-corrected chi connectivity index (χ4v) is 5.04. The SMILES string of the molecule is CCC(c1ccc(C(F)(F)F)cc1CN(Cc1cc(C(F)(F)F)cc(C(F)(F)F)c1)c1nnn(C)n1)N(C)Cc1ncc(C)[nH]1. The third kappa shape index (κ3) is 8.32. The van der Waals surface area contributed by atoms with Crippen LogP contribution in [0.25, 0.3) is 0 Å². The standard InChI is InChI=1S/C28H29F9N8/c1-5-23(43(3)15-24-38-12-16(2)39-24)22-7-6-19(26(29,30)31)10-18(22)14-45(25-40-42-44(4)41-25)13-17-8-20(27(32,33)34)11-21(9-17)28(35,36)37/h6-12,23H,5,13-15H2,1-4H3,(H,38,39). The minimum Gasteiger partial charge on any atom is -0.345 e. The van der Waals surface area contributed by atoms with Gasteiger partial charge in [-0.3, -0.25) is 4.90 Å². The maximum atomic E-state index is 13.9. The van der Waals surface area contributed by atoms with Gasteiger partial charge in [-0.25, -0.2) is 4.98 Å². The zero-order valence-corrected chi connectivity index (χ0v) is 24.5. The lowest BCUT2D eigenvalue weighted by Crippen LogP contribution is -2.29. The van der Waals surface area contributed by atoms with Gasteiger partial charge in [0.05, 0.1) is 30.3 Å². The highest BCUT2D eigenvalue weighted by Gasteiger charge is 2.37. The van der Waals surface area contributed by atoms with Gasteiger partial charge < -0.3 is 9.88 Å². The molecule has 0 saturated carbocycles. The number of alkyl halides is 9. The van der Waals surface area contributed by atoms with E-state index in [9.17, 15) is 39.5 Å². The van der Waals surface area contributed by atoms with Crippen LogP contribution in [-0.4, -0.2) is 42.1 Å². The Kier molecular flexibility index (Phi) is 9.51. The second kappa shape index (κ2) is 12.7. The van der Waals surface area contributed by atoms with Crippen LogP contribution in [0.4, 0.5) is 45.5 Å². The van der Waals surface area contributed by atoms with Gasteiger partial charge in [0.1, 0.15) is 5.82 Å². The number of imidazole rings is 1. The number of tetrazole rings is 1. The zero-order valence-electron chi connectivity index (χ0n) is 24.5. The van der Waals surface area contributed by atoms with Crippen molar-refractivity contribution in [2.45, 2.75) is 64.5 Å². The van der Waals surface area contributed by atoms with Gasteiger partial charge in [0.25, 0.3) is 5.95 Å². The molecule has 0 spiro atoms. The average Bonchev–Trinajstić information content (AvgIpc) is 3.55. The average molecular weight is 649 g/mol. The van der Waals surface area contributed by atoms with Crippen LogP contribution in [0.15, 0.2) is 42.6 Å². The molecule has 1 atom stereocenters. The Balaban J connectivity index is 1.80. The van der Waals surface area contributed by atoms with Crippen molar-refractivity contribution < 1.29 is 39.5 Å². The first-order valence-electron chi connectivity index (χ1n) is 13.5. The molecule has 244 valence electrons. The van der Waals surface area contributed by atoms with Gasteiger partial charge in [0, 0.05) is 31.0 Å². The van der Waals surface area contributed by atoms with E-state index < -0.39 is 59.9 Å². The van der Waals surface area contributed by atoms with E-state index in [1.165, 1.54) is 18.0 Å². The van der Waals surface area contributed by atoms with Gasteiger partial charge in [-0.2, -0.15) is 44.3 Å². The molecule has 0 aliphatic carbocycles. The highest BCUT2D eigenvalue weighted by molar-refractivity contribution is 5.42. The normalized spacial score (nSPS) is 13.5. The van der Waals surface area contributed by atoms with E-state index in [0.717, 1.165) is 22.6 Å². The summed E-state index contributed by atoms with van der Waals surface area (Å²) in [6.45, 7) is 2.96. The molecular formula is C28H29F9N8. The Morgan fingerprint density at radius 2 is 1.47 bits per heavy atom. The van der Waals surface area contributed by atoms with Crippen LogP contribution < -0.4 is 4.90 Å². The van der Waals surface area contributed by atoms with E-state index in [2.05, 4.69) is 25.4 Å². The quantitative estimate of drug-likeness (QED) is 0.185. The summed E-state index contributed by atoms with van der Waals surface area (Å²) >= 11 is 0. The molecule has 0 radical (unpaired) electrons. The summed E-state index contributed by atoms with van der Waals surface area (Å²) in [7, 11) is 3.14. The fourth-order valence-electron chi connectivity index (χ4n) is 5.04. The van der Waals surface area contributed by atoms with E-state index in [1.807, 2.05) is 18.7 Å². The Hall–Kier alpha value is -4.15. The molecule has 4 rings (SSSR count). The maximum absolute atomic E-state index is 13.9. The summed E-state index contributed by atoms with van der Waals surface area (Å²) in [6.07, 6.45) is -12.8. The number of hydrogen-bond acceptors (Lipinski definition) is 6. The lowest BCUT2D eigenvalue weighted by Gasteiger charge is -2.31. The van der Waals surface area contributed by atoms with E-state index in [4.69, 9.17) is 0 Å². The highest BCUT2D eigenvalue weighted by atomic mass is 19.4. The number of aromatic nitrogens is 6. The molecule has 0 aliphatic heterocycles. The molecule has 1 unspecified atom stereocenters. The number of halogens is 9. The summed E-state index contributed by atoms with van der Waals surface area (Å²) in [5, 5.41) is 11.6. The minimum absolute atomic E-state index is 0.00150. The monoisotopic (exact) mass is 648 g/mol. The van der Waals surface area contributed by atoms with E-state index in [1.54, 1.807) is 13.2 Å². The number of hydrogen-bond donors (Lipinski definition) is 1. The van der Waals surface area contributed by atoms with E-state index in [-0.39, 0.29) is 17.6 Å². The van der Waals surface area contributed by atoms with Gasteiger partial charge in [-0.1, -0.05) is 18.1 Å². The van der Waals surface area contributed by atoms with Crippen LogP contribution >= 0.6 is 0 Å². The van der Waals surface area contributed by atoms with Crippen molar-refractivity contribution in [1.29, 1.82) is 0 Å². The Labute approximate surface area is 251 Å². The summed E-state index contributed by atoms with van der Waals surface area (Å²) in [6, 6.07) is 3.83. The van der Waals surface area contributed by atoms with Crippen molar-refractivity contribution in [3.8, 4) is 0 Å². The molecule has 0 aliphatic rings. The van der Waals surface area contributed by atoms with Crippen molar-refractivity contribution in [3.05, 3.63) is 87.5 Å². The summed E-state index contributed by atoms with van der Waals surface area (Å²) in [5.74, 6) is 0.414. The molecule has 0 saturated heterocycles. The molecule has 2 heterocycles. The second-order valence-electron chi connectivity index (χ2n) is 10.6. The van der Waals surface area contributed by atoms with Gasteiger partial charge in [-0.15, -0.1) is 5.10 Å². The maximum Gasteiger partial charge on any atom is 0.416 e. The molecule has 45 heavy (non-hydrogen) atoms. The molecular weight excluding hydrogens is 619 g/mol. The summed E-state index contributed by atoms with van der Waals surface area (Å²) in [4.78, 5) is 11.4. The third-order valence-electron chi connectivity index (χ3n) is 7.07. The van der Waals surface area contributed by atoms with Crippen LogP contribution in [0.5, 0.6) is 0 Å². The van der Waals surface area contributed by atoms with Gasteiger partial charge in [-0.05, 0) is 72.6 Å². The lowest BCUT2D eigenvalue weighted by molar-refractivity contribution is -0.143. The van der Waals surface area contributed by atoms with E-state index in [0.29, 0.717) is 36.5 Å². The summed E-state index contributed by atoms with van der Waals surface area (Å²) < 4.78 is 123. The van der Waals surface area contributed by atoms with Crippen molar-refractivity contribution in [2.75, 3.05) is 11.9 Å². The molecule has 4 aromatic rings. The fraction of sp³-hybridized carbons (Fsp3) is 0.429. The molecule has 2 aromatic heterocycles. The highest BCUT2D eigenvalue weighted by Crippen LogP contribution is 2.38. The van der Waals surface area contributed by atoms with Crippen molar-refractivity contribution >= 4 is 5.95 Å². The molecule has 17 heteroatoms. The molecule has 0 bridgehead atoms.